The molecular formula is C75H56B2N2. The van der Waals surface area contributed by atoms with Crippen LogP contribution in [0.1, 0.15) is 22.3 Å². The first-order valence-electron chi connectivity index (χ1n) is 27.7. The van der Waals surface area contributed by atoms with Crippen molar-refractivity contribution in [3.05, 3.63) is 313 Å². The van der Waals surface area contributed by atoms with E-state index in [4.69, 9.17) is 0 Å². The predicted octanol–water partition coefficient (Wildman–Crippen LogP) is 15.2. The van der Waals surface area contributed by atoms with Crippen molar-refractivity contribution < 1.29 is 0 Å². The van der Waals surface area contributed by atoms with Gasteiger partial charge in [-0.15, -0.1) is 0 Å². The first-order chi connectivity index (χ1) is 39.0. The molecule has 0 amide bonds. The second-order valence-corrected chi connectivity index (χ2v) is 21.3. The number of benzene rings is 12. The summed E-state index contributed by atoms with van der Waals surface area (Å²) >= 11 is 0. The average Bonchev–Trinajstić information content (AvgIpc) is 3.63. The smallest absolute Gasteiger partial charge is 0.248 e. The molecule has 14 rings (SSSR count). The molecule has 0 unspecified atom stereocenters. The van der Waals surface area contributed by atoms with Gasteiger partial charge in [0.05, 0.1) is 0 Å². The third-order valence-corrected chi connectivity index (χ3v) is 16.3. The molecule has 0 N–H and O–H groups in total. The zero-order valence-corrected chi connectivity index (χ0v) is 44.5. The molecule has 0 aromatic heterocycles. The van der Waals surface area contributed by atoms with Gasteiger partial charge in [0.25, 0.3) is 0 Å². The fourth-order valence-electron chi connectivity index (χ4n) is 13.0. The summed E-state index contributed by atoms with van der Waals surface area (Å²) in [7, 11) is 0. The monoisotopic (exact) mass is 1010 g/mol. The highest BCUT2D eigenvalue weighted by atomic mass is 15.2. The molecule has 4 heteroatoms. The average molecular weight is 1010 g/mol. The van der Waals surface area contributed by atoms with Crippen LogP contribution in [-0.4, -0.2) is 13.4 Å². The number of hydrogen-bond acceptors (Lipinski definition) is 2. The van der Waals surface area contributed by atoms with E-state index in [1.807, 2.05) is 0 Å². The van der Waals surface area contributed by atoms with Crippen LogP contribution in [-0.2, 0) is 6.42 Å². The zero-order valence-electron chi connectivity index (χ0n) is 44.5. The highest BCUT2D eigenvalue weighted by molar-refractivity contribution is 7.00. The highest BCUT2D eigenvalue weighted by Gasteiger charge is 2.40. The summed E-state index contributed by atoms with van der Waals surface area (Å²) in [5.41, 5.74) is 29.8. The van der Waals surface area contributed by atoms with Gasteiger partial charge in [-0.1, -0.05) is 265 Å². The fraction of sp³-hybridized carbons (Fsp3) is 0.0400. The van der Waals surface area contributed by atoms with E-state index in [0.717, 1.165) is 17.8 Å². The van der Waals surface area contributed by atoms with Gasteiger partial charge < -0.3 is 9.80 Å². The fourth-order valence-corrected chi connectivity index (χ4v) is 13.0. The number of nitrogens with zero attached hydrogens (tertiary/aromatic N) is 2. The third-order valence-electron chi connectivity index (χ3n) is 16.3. The number of para-hydroxylation sites is 5. The Labute approximate surface area is 465 Å². The van der Waals surface area contributed by atoms with Crippen molar-refractivity contribution in [2.75, 3.05) is 9.80 Å². The molecule has 12 aromatic rings. The van der Waals surface area contributed by atoms with Crippen molar-refractivity contribution >= 4 is 80.3 Å². The van der Waals surface area contributed by atoms with Gasteiger partial charge in [-0.25, -0.2) is 0 Å². The van der Waals surface area contributed by atoms with Gasteiger partial charge in [0, 0.05) is 34.1 Å². The largest absolute Gasteiger partial charge is 0.312 e. The molecule has 372 valence electrons. The molecular weight excluding hydrogens is 950 g/mol. The maximum Gasteiger partial charge on any atom is 0.248 e. The Hall–Kier alpha value is -9.63. The van der Waals surface area contributed by atoms with E-state index in [1.54, 1.807) is 0 Å². The van der Waals surface area contributed by atoms with Crippen molar-refractivity contribution in [1.29, 1.82) is 0 Å². The Bertz CT molecular complexity index is 4180. The highest BCUT2D eigenvalue weighted by Crippen LogP contribution is 2.40. The van der Waals surface area contributed by atoms with E-state index in [9.17, 15) is 0 Å². The van der Waals surface area contributed by atoms with Crippen molar-refractivity contribution in [1.82, 2.24) is 0 Å². The summed E-state index contributed by atoms with van der Waals surface area (Å²) in [6.07, 6.45) is 0.781. The minimum Gasteiger partial charge on any atom is -0.312 e. The number of anilines is 6. The first kappa shape index (κ1) is 47.8. The standard InChI is InChI=1S/C75H56B2N2/c1-52-23-18-28-57(47-52)63-36-22-38-65(75(63)77-68-41-14-17-44-72(68)79(61-33-10-5-11-34-61)73-46-45-53(2)48-69(73)77)59-30-20-25-55(51-59)49-54-24-19-29-58(50-54)64-37-21-35-62(56-26-6-3-7-27-56)74(64)76-66-39-12-15-42-70(66)78(60-31-8-4-9-32-60)71-43-16-13-40-67(71)76/h3-48,50-51H,49H2,1-2H3. The van der Waals surface area contributed by atoms with E-state index in [2.05, 4.69) is 315 Å². The van der Waals surface area contributed by atoms with Gasteiger partial charge in [-0.05, 0) is 146 Å². The Morgan fingerprint density at radius 1 is 0.266 bits per heavy atom. The second-order valence-electron chi connectivity index (χ2n) is 21.3. The molecule has 2 nitrogen and oxygen atoms in total. The van der Waals surface area contributed by atoms with Crippen molar-refractivity contribution in [2.24, 2.45) is 0 Å². The minimum absolute atomic E-state index is 0.0303. The quantitative estimate of drug-likeness (QED) is 0.126. The van der Waals surface area contributed by atoms with Gasteiger partial charge in [-0.3, -0.25) is 0 Å². The molecule has 0 fully saturated rings. The van der Waals surface area contributed by atoms with Crippen LogP contribution in [0.3, 0.4) is 0 Å². The molecule has 2 heterocycles. The third kappa shape index (κ3) is 8.67. The Balaban J connectivity index is 0.897. The normalized spacial score (nSPS) is 12.4. The number of aryl methyl sites for hydroxylation is 2. The first-order valence-corrected chi connectivity index (χ1v) is 27.7. The molecule has 79 heavy (non-hydrogen) atoms. The van der Waals surface area contributed by atoms with Gasteiger partial charge in [0.15, 0.2) is 0 Å². The lowest BCUT2D eigenvalue weighted by molar-refractivity contribution is 1.19. The SMILES string of the molecule is Cc1cccc(-c2cccc(-c3cccc(Cc4cccc(-c5cccc(-c6ccccc6)c5B5c6ccccc6N(c6ccccc6)c6ccccc65)c4)c3)c2B2c3ccccc3N(c3ccccc3)c3ccc(C)cc32)c1. The molecule has 0 spiro atoms. The van der Waals surface area contributed by atoms with E-state index < -0.39 is 0 Å². The van der Waals surface area contributed by atoms with Crippen molar-refractivity contribution in [3.63, 3.8) is 0 Å². The predicted molar refractivity (Wildman–Crippen MR) is 338 cm³/mol. The zero-order chi connectivity index (χ0) is 52.8. The van der Waals surface area contributed by atoms with Crippen LogP contribution in [0, 0.1) is 13.8 Å². The van der Waals surface area contributed by atoms with Crippen LogP contribution in [0.5, 0.6) is 0 Å². The van der Waals surface area contributed by atoms with Crippen LogP contribution in [0.15, 0.2) is 291 Å². The summed E-state index contributed by atoms with van der Waals surface area (Å²) in [6.45, 7) is 4.36. The maximum absolute atomic E-state index is 2.46. The second kappa shape index (κ2) is 20.4. The Morgan fingerprint density at radius 2 is 0.620 bits per heavy atom. The van der Waals surface area contributed by atoms with Crippen LogP contribution in [0.25, 0.3) is 44.5 Å². The maximum atomic E-state index is 2.46. The van der Waals surface area contributed by atoms with Gasteiger partial charge >= 0.3 is 0 Å². The molecule has 0 saturated carbocycles. The lowest BCUT2D eigenvalue weighted by Gasteiger charge is -2.38. The van der Waals surface area contributed by atoms with E-state index >= 15 is 0 Å². The molecule has 0 bridgehead atoms. The van der Waals surface area contributed by atoms with Crippen LogP contribution in [0.4, 0.5) is 34.1 Å². The van der Waals surface area contributed by atoms with Gasteiger partial charge in [0.1, 0.15) is 0 Å². The molecule has 0 saturated heterocycles. The van der Waals surface area contributed by atoms with Crippen molar-refractivity contribution in [2.45, 2.75) is 20.3 Å². The van der Waals surface area contributed by atoms with Crippen molar-refractivity contribution in [3.8, 4) is 44.5 Å². The molecule has 0 aliphatic carbocycles. The molecule has 0 atom stereocenters. The van der Waals surface area contributed by atoms with E-state index in [-0.39, 0.29) is 13.4 Å². The lowest BCUT2D eigenvalue weighted by Crippen LogP contribution is -2.58. The summed E-state index contributed by atoms with van der Waals surface area (Å²) < 4.78 is 0. The van der Waals surface area contributed by atoms with Gasteiger partial charge in [-0.2, -0.15) is 0 Å². The van der Waals surface area contributed by atoms with Crippen LogP contribution >= 0.6 is 0 Å². The summed E-state index contributed by atoms with van der Waals surface area (Å²) in [6, 6.07) is 108. The number of rotatable bonds is 10. The molecule has 0 radical (unpaired) electrons. The molecule has 2 aliphatic heterocycles. The van der Waals surface area contributed by atoms with E-state index in [1.165, 1.54) is 122 Å². The molecule has 2 aliphatic rings. The van der Waals surface area contributed by atoms with Gasteiger partial charge in [0.2, 0.25) is 13.4 Å². The lowest BCUT2D eigenvalue weighted by atomic mass is 9.33. The number of fused-ring (bicyclic) bond motifs is 4. The molecule has 12 aromatic carbocycles. The van der Waals surface area contributed by atoms with Crippen LogP contribution in [0.2, 0.25) is 0 Å². The Kier molecular flexibility index (Phi) is 12.3. The Morgan fingerprint density at radius 3 is 1.10 bits per heavy atom. The summed E-state index contributed by atoms with van der Waals surface area (Å²) in [5, 5.41) is 0. The topological polar surface area (TPSA) is 6.48 Å². The number of hydrogen-bond donors (Lipinski definition) is 0. The summed E-state index contributed by atoms with van der Waals surface area (Å²) in [4.78, 5) is 4.90. The minimum atomic E-state index is -0.0385. The summed E-state index contributed by atoms with van der Waals surface area (Å²) in [5.74, 6) is 0. The van der Waals surface area contributed by atoms with E-state index in [0.29, 0.717) is 0 Å². The van der Waals surface area contributed by atoms with Crippen LogP contribution < -0.4 is 42.6 Å².